The smallest absolute Gasteiger partial charge is 0.347 e. The first-order valence-electron chi connectivity index (χ1n) is 7.94. The van der Waals surface area contributed by atoms with Crippen LogP contribution >= 0.6 is 0 Å². The number of hydrogen-bond acceptors (Lipinski definition) is 5. The fourth-order valence-electron chi connectivity index (χ4n) is 2.41. The minimum Gasteiger partial charge on any atom is -0.479 e. The van der Waals surface area contributed by atoms with Gasteiger partial charge in [-0.25, -0.2) is 4.79 Å². The lowest BCUT2D eigenvalue weighted by Crippen LogP contribution is -2.26. The summed E-state index contributed by atoms with van der Waals surface area (Å²) in [6.07, 6.45) is -0.799. The van der Waals surface area contributed by atoms with Crippen molar-refractivity contribution in [3.63, 3.8) is 0 Å². The monoisotopic (exact) mass is 338 g/mol. The van der Waals surface area contributed by atoms with Crippen molar-refractivity contribution in [1.82, 2.24) is 0 Å². The minimum atomic E-state index is -0.799. The molecule has 0 aliphatic carbocycles. The molecule has 0 amide bonds. The van der Waals surface area contributed by atoms with E-state index in [0.717, 1.165) is 11.0 Å². The summed E-state index contributed by atoms with van der Waals surface area (Å²) in [5.74, 6) is 0.445. The van der Waals surface area contributed by atoms with Crippen molar-refractivity contribution in [2.75, 3.05) is 0 Å². The van der Waals surface area contributed by atoms with Gasteiger partial charge in [0.05, 0.1) is 0 Å². The second kappa shape index (κ2) is 7.21. The topological polar surface area (TPSA) is 65.7 Å². The van der Waals surface area contributed by atoms with Crippen LogP contribution in [0.4, 0.5) is 0 Å². The van der Waals surface area contributed by atoms with Gasteiger partial charge >= 0.3 is 5.97 Å². The van der Waals surface area contributed by atoms with Crippen LogP contribution in [0.2, 0.25) is 0 Å². The van der Waals surface area contributed by atoms with Crippen LogP contribution in [0.15, 0.2) is 59.0 Å². The van der Waals surface area contributed by atoms with Crippen LogP contribution < -0.4 is 4.74 Å². The molecule has 0 saturated heterocycles. The predicted octanol–water partition coefficient (Wildman–Crippen LogP) is 4.15. The zero-order valence-electron chi connectivity index (χ0n) is 14.0. The molecule has 1 heterocycles. The summed E-state index contributed by atoms with van der Waals surface area (Å²) in [6, 6.07) is 16.1. The Morgan fingerprint density at radius 1 is 1.08 bits per heavy atom. The Hall–Kier alpha value is -3.08. The molecule has 3 rings (SSSR count). The number of benzene rings is 2. The summed E-state index contributed by atoms with van der Waals surface area (Å²) < 4.78 is 16.4. The fourth-order valence-corrected chi connectivity index (χ4v) is 2.41. The lowest BCUT2D eigenvalue weighted by molar-refractivity contribution is -0.153. The molecule has 128 valence electrons. The van der Waals surface area contributed by atoms with E-state index >= 15 is 0 Å². The quantitative estimate of drug-likeness (QED) is 0.499. The molecule has 1 atom stereocenters. The number of esters is 1. The lowest BCUT2D eigenvalue weighted by atomic mass is 10.1. The van der Waals surface area contributed by atoms with Crippen LogP contribution in [0.25, 0.3) is 11.0 Å². The van der Waals surface area contributed by atoms with Crippen molar-refractivity contribution >= 4 is 22.7 Å². The van der Waals surface area contributed by atoms with Gasteiger partial charge in [-0.3, -0.25) is 4.79 Å². The molecule has 3 aromatic rings. The normalized spacial score (nSPS) is 11.9. The number of Topliss-reactive ketones (excluding diaryl/α,β-unsaturated/α-hetero) is 1. The van der Waals surface area contributed by atoms with Gasteiger partial charge in [0.2, 0.25) is 0 Å². The molecule has 0 aliphatic rings. The SMILES string of the molecule is CC(=O)c1cccc(OC(C)C(=O)OCc2cc3ccccc3o2)c1. The summed E-state index contributed by atoms with van der Waals surface area (Å²) in [5.41, 5.74) is 1.28. The Balaban J connectivity index is 1.59. The third-order valence-electron chi connectivity index (χ3n) is 3.72. The third kappa shape index (κ3) is 4.07. The van der Waals surface area contributed by atoms with E-state index < -0.39 is 12.1 Å². The zero-order valence-corrected chi connectivity index (χ0v) is 14.0. The summed E-state index contributed by atoms with van der Waals surface area (Å²) in [6.45, 7) is 3.11. The number of carbonyl (C=O) groups is 2. The van der Waals surface area contributed by atoms with Gasteiger partial charge in [-0.05, 0) is 38.1 Å². The number of fused-ring (bicyclic) bond motifs is 1. The molecule has 0 aliphatic heterocycles. The van der Waals surface area contributed by atoms with E-state index in [1.807, 2.05) is 30.3 Å². The zero-order chi connectivity index (χ0) is 17.8. The molecular formula is C20H18O5. The lowest BCUT2D eigenvalue weighted by Gasteiger charge is -2.14. The standard InChI is InChI=1S/C20H18O5/c1-13(21)15-7-5-8-17(10-15)24-14(2)20(22)23-12-18-11-16-6-3-4-9-19(16)25-18/h3-11,14H,12H2,1-2H3. The highest BCUT2D eigenvalue weighted by Crippen LogP contribution is 2.20. The first-order valence-corrected chi connectivity index (χ1v) is 7.94. The molecule has 25 heavy (non-hydrogen) atoms. The van der Waals surface area contributed by atoms with Crippen molar-refractivity contribution in [2.45, 2.75) is 26.6 Å². The Bertz CT molecular complexity index is 876. The van der Waals surface area contributed by atoms with Crippen molar-refractivity contribution in [3.05, 3.63) is 65.9 Å². The molecule has 0 bridgehead atoms. The molecule has 0 fully saturated rings. The number of para-hydroxylation sites is 1. The second-order valence-electron chi connectivity index (χ2n) is 5.70. The summed E-state index contributed by atoms with van der Waals surface area (Å²) >= 11 is 0. The highest BCUT2D eigenvalue weighted by atomic mass is 16.6. The first-order chi connectivity index (χ1) is 12.0. The van der Waals surface area contributed by atoms with E-state index in [9.17, 15) is 9.59 Å². The Kier molecular flexibility index (Phi) is 4.84. The van der Waals surface area contributed by atoms with Gasteiger partial charge in [-0.1, -0.05) is 30.3 Å². The summed E-state index contributed by atoms with van der Waals surface area (Å²) in [4.78, 5) is 23.5. The van der Waals surface area contributed by atoms with Gasteiger partial charge in [0, 0.05) is 10.9 Å². The number of hydrogen-bond donors (Lipinski definition) is 0. The number of ether oxygens (including phenoxy) is 2. The van der Waals surface area contributed by atoms with Gasteiger partial charge < -0.3 is 13.9 Å². The largest absolute Gasteiger partial charge is 0.479 e. The number of furan rings is 1. The Morgan fingerprint density at radius 3 is 2.64 bits per heavy atom. The van der Waals surface area contributed by atoms with Crippen LogP contribution in [0.3, 0.4) is 0 Å². The van der Waals surface area contributed by atoms with Crippen molar-refractivity contribution in [2.24, 2.45) is 0 Å². The molecular weight excluding hydrogens is 320 g/mol. The van der Waals surface area contributed by atoms with E-state index in [1.165, 1.54) is 6.92 Å². The first kappa shape index (κ1) is 16.8. The van der Waals surface area contributed by atoms with Gasteiger partial charge in [0.25, 0.3) is 0 Å². The Morgan fingerprint density at radius 2 is 1.88 bits per heavy atom. The van der Waals surface area contributed by atoms with Crippen LogP contribution in [0.1, 0.15) is 30.0 Å². The molecule has 0 N–H and O–H groups in total. The molecule has 0 spiro atoms. The maximum atomic E-state index is 12.1. The molecule has 1 aromatic heterocycles. The van der Waals surface area contributed by atoms with E-state index in [2.05, 4.69) is 0 Å². The van der Waals surface area contributed by atoms with Crippen molar-refractivity contribution in [1.29, 1.82) is 0 Å². The molecule has 1 unspecified atom stereocenters. The molecule has 0 radical (unpaired) electrons. The van der Waals surface area contributed by atoms with Gasteiger partial charge in [-0.15, -0.1) is 0 Å². The average molecular weight is 338 g/mol. The summed E-state index contributed by atoms with van der Waals surface area (Å²) in [5, 5.41) is 0.957. The molecule has 5 heteroatoms. The number of carbonyl (C=O) groups excluding carboxylic acids is 2. The van der Waals surface area contributed by atoms with E-state index in [1.54, 1.807) is 31.2 Å². The molecule has 2 aromatic carbocycles. The second-order valence-corrected chi connectivity index (χ2v) is 5.70. The number of ketones is 1. The predicted molar refractivity (Wildman–Crippen MR) is 92.5 cm³/mol. The summed E-state index contributed by atoms with van der Waals surface area (Å²) in [7, 11) is 0. The van der Waals surface area contributed by atoms with Crippen molar-refractivity contribution in [3.8, 4) is 5.75 Å². The van der Waals surface area contributed by atoms with Gasteiger partial charge in [-0.2, -0.15) is 0 Å². The minimum absolute atomic E-state index is 0.0364. The van der Waals surface area contributed by atoms with Crippen LogP contribution in [0.5, 0.6) is 5.75 Å². The van der Waals surface area contributed by atoms with E-state index in [4.69, 9.17) is 13.9 Å². The van der Waals surface area contributed by atoms with Crippen molar-refractivity contribution < 1.29 is 23.5 Å². The average Bonchev–Trinajstić information content (AvgIpc) is 3.02. The highest BCUT2D eigenvalue weighted by molar-refractivity contribution is 5.94. The van der Waals surface area contributed by atoms with Gasteiger partial charge in [0.1, 0.15) is 23.7 Å². The highest BCUT2D eigenvalue weighted by Gasteiger charge is 2.18. The van der Waals surface area contributed by atoms with Crippen LogP contribution in [0, 0.1) is 0 Å². The molecule has 0 saturated carbocycles. The third-order valence-corrected chi connectivity index (χ3v) is 3.72. The van der Waals surface area contributed by atoms with Gasteiger partial charge in [0.15, 0.2) is 11.9 Å². The number of rotatable bonds is 6. The Labute approximate surface area is 145 Å². The van der Waals surface area contributed by atoms with E-state index in [-0.39, 0.29) is 12.4 Å². The van der Waals surface area contributed by atoms with Crippen LogP contribution in [-0.4, -0.2) is 17.9 Å². The van der Waals surface area contributed by atoms with Crippen LogP contribution in [-0.2, 0) is 16.1 Å². The van der Waals surface area contributed by atoms with E-state index in [0.29, 0.717) is 17.1 Å². The maximum absolute atomic E-state index is 12.1. The fraction of sp³-hybridized carbons (Fsp3) is 0.200. The maximum Gasteiger partial charge on any atom is 0.347 e. The molecule has 5 nitrogen and oxygen atoms in total.